The third-order valence-electron chi connectivity index (χ3n) is 2.52. The number of likely N-dealkylation sites (tertiary alicyclic amines) is 1. The third kappa shape index (κ3) is 2.22. The van der Waals surface area contributed by atoms with Gasteiger partial charge in [0, 0.05) is 6.54 Å². The van der Waals surface area contributed by atoms with Crippen molar-refractivity contribution in [2.75, 3.05) is 13.1 Å². The second kappa shape index (κ2) is 4.29. The smallest absolute Gasteiger partial charge is 0.321 e. The third-order valence-corrected chi connectivity index (χ3v) is 2.52. The van der Waals surface area contributed by atoms with E-state index >= 15 is 0 Å². The molecule has 2 atom stereocenters. The summed E-state index contributed by atoms with van der Waals surface area (Å²) in [5.74, 6) is 5.22. The maximum Gasteiger partial charge on any atom is 0.321 e. The molecule has 3 nitrogen and oxygen atoms in total. The zero-order valence-electron chi connectivity index (χ0n) is 8.08. The zero-order valence-corrected chi connectivity index (χ0v) is 8.08. The molecule has 0 aliphatic carbocycles. The van der Waals surface area contributed by atoms with E-state index in [1.807, 2.05) is 11.8 Å². The van der Waals surface area contributed by atoms with E-state index in [2.05, 4.69) is 11.8 Å². The Kier molecular flexibility index (Phi) is 3.32. The van der Waals surface area contributed by atoms with Gasteiger partial charge >= 0.3 is 5.97 Å². The van der Waals surface area contributed by atoms with E-state index in [1.54, 1.807) is 6.92 Å². The van der Waals surface area contributed by atoms with Crippen molar-refractivity contribution in [1.82, 2.24) is 4.90 Å². The molecule has 1 fully saturated rings. The summed E-state index contributed by atoms with van der Waals surface area (Å²) in [6.45, 7) is 5.19. The minimum atomic E-state index is -0.720. The number of hydrogen-bond donors (Lipinski definition) is 1. The van der Waals surface area contributed by atoms with E-state index in [4.69, 9.17) is 5.11 Å². The van der Waals surface area contributed by atoms with Gasteiger partial charge in [0.1, 0.15) is 6.04 Å². The molecule has 2 unspecified atom stereocenters. The topological polar surface area (TPSA) is 40.5 Å². The van der Waals surface area contributed by atoms with Crippen molar-refractivity contribution in [3.63, 3.8) is 0 Å². The minimum Gasteiger partial charge on any atom is -0.480 e. The van der Waals surface area contributed by atoms with Gasteiger partial charge in [0.15, 0.2) is 0 Å². The number of carboxylic acids is 1. The molecule has 3 heteroatoms. The van der Waals surface area contributed by atoms with E-state index in [9.17, 15) is 4.79 Å². The number of hydrogen-bond acceptors (Lipinski definition) is 2. The van der Waals surface area contributed by atoms with Gasteiger partial charge in [0.2, 0.25) is 0 Å². The summed E-state index contributed by atoms with van der Waals surface area (Å²) < 4.78 is 0. The molecule has 0 spiro atoms. The first-order chi connectivity index (χ1) is 6.16. The second-order valence-corrected chi connectivity index (χ2v) is 3.45. The van der Waals surface area contributed by atoms with Crippen molar-refractivity contribution < 1.29 is 9.90 Å². The number of carbonyl (C=O) groups is 1. The lowest BCUT2D eigenvalue weighted by atomic mass is 10.0. The summed E-state index contributed by atoms with van der Waals surface area (Å²) in [6.07, 6.45) is 0.961. The lowest BCUT2D eigenvalue weighted by Gasteiger charge is -2.20. The van der Waals surface area contributed by atoms with Crippen LogP contribution in [0.1, 0.15) is 20.3 Å². The molecule has 13 heavy (non-hydrogen) atoms. The fourth-order valence-corrected chi connectivity index (χ4v) is 1.78. The van der Waals surface area contributed by atoms with Crippen LogP contribution in [0.4, 0.5) is 0 Å². The first-order valence-electron chi connectivity index (χ1n) is 4.53. The summed E-state index contributed by atoms with van der Waals surface area (Å²) >= 11 is 0. The van der Waals surface area contributed by atoms with Gasteiger partial charge in [-0.25, -0.2) is 0 Å². The van der Waals surface area contributed by atoms with E-state index in [0.29, 0.717) is 6.54 Å². The normalized spacial score (nSPS) is 28.2. The van der Waals surface area contributed by atoms with E-state index < -0.39 is 5.97 Å². The van der Waals surface area contributed by atoms with Crippen LogP contribution in [0.3, 0.4) is 0 Å². The van der Waals surface area contributed by atoms with Crippen LogP contribution in [0, 0.1) is 17.8 Å². The molecule has 1 rings (SSSR count). The highest BCUT2D eigenvalue weighted by Crippen LogP contribution is 2.23. The van der Waals surface area contributed by atoms with Crippen molar-refractivity contribution >= 4 is 5.97 Å². The number of carboxylic acid groups (broad SMARTS) is 1. The Hall–Kier alpha value is -1.01. The molecule has 0 amide bonds. The first-order valence-corrected chi connectivity index (χ1v) is 4.53. The summed E-state index contributed by atoms with van der Waals surface area (Å²) in [4.78, 5) is 12.8. The van der Waals surface area contributed by atoms with E-state index in [1.165, 1.54) is 0 Å². The van der Waals surface area contributed by atoms with Crippen LogP contribution in [0.2, 0.25) is 0 Å². The SMILES string of the molecule is CC#CCN1CCC(C)C1C(=O)O. The highest BCUT2D eigenvalue weighted by molar-refractivity contribution is 5.74. The molecule has 1 aliphatic heterocycles. The van der Waals surface area contributed by atoms with Crippen LogP contribution in [0.15, 0.2) is 0 Å². The molecule has 0 radical (unpaired) electrons. The average molecular weight is 181 g/mol. The number of aliphatic carboxylic acids is 1. The number of nitrogens with zero attached hydrogens (tertiary/aromatic N) is 1. The highest BCUT2D eigenvalue weighted by Gasteiger charge is 2.35. The number of rotatable bonds is 2. The summed E-state index contributed by atoms with van der Waals surface area (Å²) in [7, 11) is 0. The van der Waals surface area contributed by atoms with Crippen LogP contribution in [-0.4, -0.2) is 35.1 Å². The zero-order chi connectivity index (χ0) is 9.84. The molecule has 0 aromatic rings. The van der Waals surface area contributed by atoms with Crippen LogP contribution < -0.4 is 0 Å². The molecular weight excluding hydrogens is 166 g/mol. The summed E-state index contributed by atoms with van der Waals surface area (Å²) in [6, 6.07) is -0.333. The Bertz CT molecular complexity index is 251. The lowest BCUT2D eigenvalue weighted by molar-refractivity contribution is -0.143. The molecule has 1 saturated heterocycles. The van der Waals surface area contributed by atoms with Gasteiger partial charge in [0.05, 0.1) is 6.54 Å². The Labute approximate surface area is 78.7 Å². The first kappa shape index (κ1) is 10.1. The van der Waals surface area contributed by atoms with Crippen molar-refractivity contribution in [1.29, 1.82) is 0 Å². The maximum absolute atomic E-state index is 10.9. The van der Waals surface area contributed by atoms with Crippen molar-refractivity contribution in [2.24, 2.45) is 5.92 Å². The van der Waals surface area contributed by atoms with Crippen molar-refractivity contribution in [3.05, 3.63) is 0 Å². The van der Waals surface area contributed by atoms with Gasteiger partial charge in [-0.05, 0) is 19.3 Å². The largest absolute Gasteiger partial charge is 0.480 e. The maximum atomic E-state index is 10.9. The molecule has 0 aromatic carbocycles. The van der Waals surface area contributed by atoms with Crippen molar-refractivity contribution in [2.45, 2.75) is 26.3 Å². The minimum absolute atomic E-state index is 0.246. The van der Waals surface area contributed by atoms with Crippen LogP contribution >= 0.6 is 0 Å². The van der Waals surface area contributed by atoms with Crippen LogP contribution in [0.25, 0.3) is 0 Å². The Morgan fingerprint density at radius 2 is 2.38 bits per heavy atom. The molecule has 72 valence electrons. The molecule has 1 aliphatic rings. The Morgan fingerprint density at radius 1 is 1.69 bits per heavy atom. The van der Waals surface area contributed by atoms with Gasteiger partial charge in [-0.15, -0.1) is 5.92 Å². The molecule has 0 saturated carbocycles. The van der Waals surface area contributed by atoms with Gasteiger partial charge in [-0.1, -0.05) is 12.8 Å². The van der Waals surface area contributed by atoms with Crippen LogP contribution in [0.5, 0.6) is 0 Å². The fraction of sp³-hybridized carbons (Fsp3) is 0.700. The average Bonchev–Trinajstić information content (AvgIpc) is 2.43. The molecule has 1 N–H and O–H groups in total. The summed E-state index contributed by atoms with van der Waals surface area (Å²) in [5.41, 5.74) is 0. The van der Waals surface area contributed by atoms with Gasteiger partial charge < -0.3 is 5.11 Å². The monoisotopic (exact) mass is 181 g/mol. The Morgan fingerprint density at radius 3 is 2.92 bits per heavy atom. The molecule has 0 bridgehead atoms. The van der Waals surface area contributed by atoms with Crippen LogP contribution in [-0.2, 0) is 4.79 Å². The van der Waals surface area contributed by atoms with Gasteiger partial charge in [-0.2, -0.15) is 0 Å². The predicted molar refractivity (Wildman–Crippen MR) is 50.2 cm³/mol. The van der Waals surface area contributed by atoms with Gasteiger partial charge in [0.25, 0.3) is 0 Å². The molecule has 0 aromatic heterocycles. The van der Waals surface area contributed by atoms with Crippen molar-refractivity contribution in [3.8, 4) is 11.8 Å². The Balaban J connectivity index is 2.62. The quantitative estimate of drug-likeness (QED) is 0.641. The summed E-state index contributed by atoms with van der Waals surface area (Å²) in [5, 5.41) is 8.96. The van der Waals surface area contributed by atoms with Gasteiger partial charge in [-0.3, -0.25) is 9.69 Å². The van der Waals surface area contributed by atoms with E-state index in [-0.39, 0.29) is 12.0 Å². The van der Waals surface area contributed by atoms with E-state index in [0.717, 1.165) is 13.0 Å². The molecular formula is C10H15NO2. The highest BCUT2D eigenvalue weighted by atomic mass is 16.4. The standard InChI is InChI=1S/C10H15NO2/c1-3-4-6-11-7-5-8(2)9(11)10(12)13/h8-9H,5-7H2,1-2H3,(H,12,13). The second-order valence-electron chi connectivity index (χ2n) is 3.45. The molecule has 1 heterocycles. The predicted octanol–water partition coefficient (Wildman–Crippen LogP) is 0.805. The fourth-order valence-electron chi connectivity index (χ4n) is 1.78. The lowest BCUT2D eigenvalue weighted by Crippen LogP contribution is -2.39.